The first-order valence-corrected chi connectivity index (χ1v) is 4.92. The molecule has 0 aliphatic heterocycles. The molecule has 0 saturated carbocycles. The highest BCUT2D eigenvalue weighted by atomic mass is 35.5. The molecule has 2 rings (SSSR count). The van der Waals surface area contributed by atoms with Crippen molar-refractivity contribution < 1.29 is 4.92 Å². The second-order valence-corrected chi connectivity index (χ2v) is 3.62. The predicted molar refractivity (Wildman–Crippen MR) is 60.0 cm³/mol. The van der Waals surface area contributed by atoms with Gasteiger partial charge in [0.25, 0.3) is 0 Å². The zero-order valence-electron chi connectivity index (χ0n) is 8.42. The van der Waals surface area contributed by atoms with E-state index in [1.54, 1.807) is 36.0 Å². The molecule has 0 spiro atoms. The van der Waals surface area contributed by atoms with Gasteiger partial charge in [-0.2, -0.15) is 0 Å². The number of nitrogens with zero attached hydrogens (tertiary/aromatic N) is 3. The Morgan fingerprint density at radius 3 is 2.81 bits per heavy atom. The molecule has 1 aromatic carbocycles. The molecule has 6 heteroatoms. The molecule has 1 heterocycles. The van der Waals surface area contributed by atoms with Gasteiger partial charge in [-0.1, -0.05) is 17.7 Å². The van der Waals surface area contributed by atoms with Crippen molar-refractivity contribution in [2.75, 3.05) is 0 Å². The lowest BCUT2D eigenvalue weighted by molar-refractivity contribution is -0.384. The number of nitro benzene ring substituents is 1. The van der Waals surface area contributed by atoms with E-state index in [4.69, 9.17) is 11.6 Å². The molecule has 0 N–H and O–H groups in total. The Labute approximate surface area is 96.4 Å². The van der Waals surface area contributed by atoms with Gasteiger partial charge < -0.3 is 0 Å². The van der Waals surface area contributed by atoms with E-state index in [1.165, 1.54) is 6.07 Å². The zero-order valence-corrected chi connectivity index (χ0v) is 9.18. The molecular formula is C10H8ClN3O2. The van der Waals surface area contributed by atoms with E-state index in [2.05, 4.69) is 4.98 Å². The molecule has 1 aromatic heterocycles. The summed E-state index contributed by atoms with van der Waals surface area (Å²) in [5.74, 6) is 0.672. The van der Waals surface area contributed by atoms with Crippen molar-refractivity contribution in [3.63, 3.8) is 0 Å². The molecular weight excluding hydrogens is 230 g/mol. The van der Waals surface area contributed by atoms with Crippen molar-refractivity contribution >= 4 is 17.3 Å². The number of imidazole rings is 1. The van der Waals surface area contributed by atoms with Gasteiger partial charge >= 0.3 is 5.69 Å². The third kappa shape index (κ3) is 1.65. The minimum absolute atomic E-state index is 0.106. The second-order valence-electron chi connectivity index (χ2n) is 3.21. The third-order valence-electron chi connectivity index (χ3n) is 2.23. The quantitative estimate of drug-likeness (QED) is 0.596. The van der Waals surface area contributed by atoms with Crippen molar-refractivity contribution in [1.29, 1.82) is 0 Å². The highest BCUT2D eigenvalue weighted by molar-refractivity contribution is 6.33. The number of rotatable bonds is 2. The summed E-state index contributed by atoms with van der Waals surface area (Å²) in [6, 6.07) is 4.80. The molecule has 0 aliphatic rings. The van der Waals surface area contributed by atoms with Crippen LogP contribution in [0.25, 0.3) is 5.69 Å². The van der Waals surface area contributed by atoms with Crippen molar-refractivity contribution in [3.05, 3.63) is 51.6 Å². The Morgan fingerprint density at radius 2 is 2.25 bits per heavy atom. The second kappa shape index (κ2) is 3.94. The minimum atomic E-state index is -0.489. The number of benzene rings is 1. The Kier molecular flexibility index (Phi) is 2.62. The van der Waals surface area contributed by atoms with Crippen molar-refractivity contribution in [1.82, 2.24) is 9.55 Å². The van der Waals surface area contributed by atoms with Gasteiger partial charge in [0.1, 0.15) is 16.5 Å². The van der Waals surface area contributed by atoms with Crippen LogP contribution in [0.1, 0.15) is 5.82 Å². The van der Waals surface area contributed by atoms with E-state index < -0.39 is 4.92 Å². The fourth-order valence-electron chi connectivity index (χ4n) is 1.51. The highest BCUT2D eigenvalue weighted by Gasteiger charge is 2.20. The van der Waals surface area contributed by atoms with Gasteiger partial charge in [0.05, 0.1) is 4.92 Å². The Balaban J connectivity index is 2.70. The van der Waals surface area contributed by atoms with Gasteiger partial charge in [0.15, 0.2) is 0 Å². The van der Waals surface area contributed by atoms with E-state index in [0.29, 0.717) is 11.5 Å². The summed E-state index contributed by atoms with van der Waals surface area (Å²) in [4.78, 5) is 14.5. The summed E-state index contributed by atoms with van der Waals surface area (Å²) >= 11 is 5.82. The van der Waals surface area contributed by atoms with E-state index in [0.717, 1.165) is 0 Å². The summed E-state index contributed by atoms with van der Waals surface area (Å²) in [5.41, 5.74) is 0.317. The molecule has 0 amide bonds. The fourth-order valence-corrected chi connectivity index (χ4v) is 1.75. The molecule has 82 valence electrons. The first kappa shape index (κ1) is 10.6. The smallest absolute Gasteiger partial charge is 0.298 e. The van der Waals surface area contributed by atoms with E-state index in [-0.39, 0.29) is 10.7 Å². The maximum Gasteiger partial charge on any atom is 0.311 e. The Hall–Kier alpha value is -1.88. The van der Waals surface area contributed by atoms with Crippen LogP contribution in [0.3, 0.4) is 0 Å². The molecule has 5 nitrogen and oxygen atoms in total. The maximum atomic E-state index is 10.9. The first-order chi connectivity index (χ1) is 7.61. The third-order valence-corrected chi connectivity index (χ3v) is 2.54. The van der Waals surface area contributed by atoms with E-state index >= 15 is 0 Å². The average Bonchev–Trinajstić information content (AvgIpc) is 2.63. The number of nitro groups is 1. The van der Waals surface area contributed by atoms with Crippen LogP contribution in [0.5, 0.6) is 0 Å². The molecule has 0 fully saturated rings. The van der Waals surface area contributed by atoms with Crippen LogP contribution in [0, 0.1) is 17.0 Å². The monoisotopic (exact) mass is 237 g/mol. The highest BCUT2D eigenvalue weighted by Crippen LogP contribution is 2.31. The fraction of sp³-hybridized carbons (Fsp3) is 0.100. The molecule has 0 bridgehead atoms. The number of para-hydroxylation sites is 1. The number of aryl methyl sites for hydroxylation is 1. The summed E-state index contributed by atoms with van der Waals surface area (Å²) < 4.78 is 1.63. The van der Waals surface area contributed by atoms with Gasteiger partial charge in [-0.3, -0.25) is 14.7 Å². The lowest BCUT2D eigenvalue weighted by atomic mass is 10.2. The molecule has 0 saturated heterocycles. The molecule has 0 unspecified atom stereocenters. The van der Waals surface area contributed by atoms with Crippen molar-refractivity contribution in [3.8, 4) is 5.69 Å². The normalized spacial score (nSPS) is 10.4. The van der Waals surface area contributed by atoms with E-state index in [1.807, 2.05) is 0 Å². The van der Waals surface area contributed by atoms with Crippen LogP contribution in [0.4, 0.5) is 5.69 Å². The average molecular weight is 238 g/mol. The molecule has 2 aromatic rings. The number of hydrogen-bond donors (Lipinski definition) is 0. The van der Waals surface area contributed by atoms with Crippen LogP contribution in [0.15, 0.2) is 30.6 Å². The van der Waals surface area contributed by atoms with Crippen LogP contribution < -0.4 is 0 Å². The minimum Gasteiger partial charge on any atom is -0.298 e. The topological polar surface area (TPSA) is 61.0 Å². The Morgan fingerprint density at radius 1 is 1.50 bits per heavy atom. The van der Waals surface area contributed by atoms with Gasteiger partial charge in [0, 0.05) is 12.4 Å². The van der Waals surface area contributed by atoms with Gasteiger partial charge in [-0.05, 0) is 19.1 Å². The summed E-state index contributed by atoms with van der Waals surface area (Å²) in [5, 5.41) is 11.1. The largest absolute Gasteiger partial charge is 0.311 e. The number of aromatic nitrogens is 2. The maximum absolute atomic E-state index is 10.9. The molecule has 0 atom stereocenters. The van der Waals surface area contributed by atoms with Crippen LogP contribution >= 0.6 is 11.6 Å². The standard InChI is InChI=1S/C10H8ClN3O2/c1-7-12-5-6-13(7)9-4-2-3-8(11)10(9)14(15)16/h2-6H,1H3. The lowest BCUT2D eigenvalue weighted by Crippen LogP contribution is -2.01. The van der Waals surface area contributed by atoms with Crippen molar-refractivity contribution in [2.24, 2.45) is 0 Å². The number of halogens is 1. The van der Waals surface area contributed by atoms with Gasteiger partial charge in [0.2, 0.25) is 0 Å². The Bertz CT molecular complexity index is 551. The predicted octanol–water partition coefficient (Wildman–Crippen LogP) is 2.74. The van der Waals surface area contributed by atoms with E-state index in [9.17, 15) is 10.1 Å². The first-order valence-electron chi connectivity index (χ1n) is 4.54. The molecule has 0 radical (unpaired) electrons. The van der Waals surface area contributed by atoms with Crippen LogP contribution in [-0.2, 0) is 0 Å². The van der Waals surface area contributed by atoms with Gasteiger partial charge in [-0.15, -0.1) is 0 Å². The van der Waals surface area contributed by atoms with Crippen molar-refractivity contribution in [2.45, 2.75) is 6.92 Å². The molecule has 0 aliphatic carbocycles. The molecule has 16 heavy (non-hydrogen) atoms. The van der Waals surface area contributed by atoms with Gasteiger partial charge in [-0.25, -0.2) is 4.98 Å². The zero-order chi connectivity index (χ0) is 11.7. The number of hydrogen-bond acceptors (Lipinski definition) is 3. The lowest BCUT2D eigenvalue weighted by Gasteiger charge is -2.06. The van der Waals surface area contributed by atoms with Crippen LogP contribution in [0.2, 0.25) is 5.02 Å². The SMILES string of the molecule is Cc1nccn1-c1cccc(Cl)c1[N+](=O)[O-]. The summed E-state index contributed by atoms with van der Waals surface area (Å²) in [6.45, 7) is 1.77. The summed E-state index contributed by atoms with van der Waals surface area (Å²) in [7, 11) is 0. The summed E-state index contributed by atoms with van der Waals surface area (Å²) in [6.07, 6.45) is 3.24. The van der Waals surface area contributed by atoms with Crippen LogP contribution in [-0.4, -0.2) is 14.5 Å².